The van der Waals surface area contributed by atoms with Gasteiger partial charge in [0.2, 0.25) is 5.82 Å². The third kappa shape index (κ3) is 3.74. The molecule has 0 atom stereocenters. The topological polar surface area (TPSA) is 71.2 Å². The van der Waals surface area contributed by atoms with Crippen molar-refractivity contribution in [2.45, 2.75) is 6.92 Å². The Morgan fingerprint density at radius 1 is 0.767 bits per heavy atom. The van der Waals surface area contributed by atoms with E-state index in [-0.39, 0.29) is 0 Å². The Kier molecular flexibility index (Phi) is 4.85. The first-order valence-electron chi connectivity index (χ1n) is 10.1. The van der Waals surface area contributed by atoms with E-state index < -0.39 is 0 Å². The molecule has 0 bridgehead atoms. The molecule has 1 saturated heterocycles. The molecule has 0 N–H and O–H groups in total. The van der Waals surface area contributed by atoms with E-state index in [0.29, 0.717) is 17.4 Å². The van der Waals surface area contributed by atoms with Crippen molar-refractivity contribution in [3.8, 4) is 23.0 Å². The molecule has 2 aromatic carbocycles. The Bertz CT molecular complexity index is 1100. The molecular weight excluding hydrogens is 376 g/mol. The van der Waals surface area contributed by atoms with Gasteiger partial charge in [-0.1, -0.05) is 53.2 Å². The molecule has 7 nitrogen and oxygen atoms in total. The highest BCUT2D eigenvalue weighted by atomic mass is 16.5. The number of para-hydroxylation sites is 1. The Hall–Kier alpha value is -3.74. The van der Waals surface area contributed by atoms with Crippen LogP contribution in [0.2, 0.25) is 0 Å². The average Bonchev–Trinajstić information content (AvgIpc) is 3.31. The third-order valence-corrected chi connectivity index (χ3v) is 5.33. The average molecular weight is 398 g/mol. The Labute approximate surface area is 175 Å². The van der Waals surface area contributed by atoms with Crippen molar-refractivity contribution in [2.24, 2.45) is 0 Å². The molecule has 0 amide bonds. The number of benzene rings is 2. The molecule has 7 heteroatoms. The van der Waals surface area contributed by atoms with E-state index in [1.807, 2.05) is 49.4 Å². The minimum atomic E-state index is 0.374. The molecule has 0 spiro atoms. The van der Waals surface area contributed by atoms with Gasteiger partial charge in [-0.25, -0.2) is 0 Å². The van der Waals surface area contributed by atoms with Gasteiger partial charge >= 0.3 is 0 Å². The summed E-state index contributed by atoms with van der Waals surface area (Å²) in [7, 11) is 0. The van der Waals surface area contributed by atoms with Crippen LogP contribution in [0.5, 0.6) is 0 Å². The van der Waals surface area contributed by atoms with Gasteiger partial charge in [-0.2, -0.15) is 4.98 Å². The maximum Gasteiger partial charge on any atom is 0.278 e. The summed E-state index contributed by atoms with van der Waals surface area (Å²) in [6.45, 7) is 5.76. The molecule has 1 aliphatic rings. The molecular formula is C23H22N6O. The lowest BCUT2D eigenvalue weighted by Gasteiger charge is -2.36. The van der Waals surface area contributed by atoms with Crippen LogP contribution in [-0.2, 0) is 0 Å². The van der Waals surface area contributed by atoms with E-state index in [1.165, 1.54) is 11.3 Å². The molecule has 0 radical (unpaired) electrons. The highest BCUT2D eigenvalue weighted by molar-refractivity contribution is 5.58. The number of hydrogen-bond donors (Lipinski definition) is 0. The zero-order chi connectivity index (χ0) is 20.3. The molecule has 2 aromatic heterocycles. The van der Waals surface area contributed by atoms with Gasteiger partial charge in [0.05, 0.1) is 0 Å². The van der Waals surface area contributed by atoms with Crippen LogP contribution in [-0.4, -0.2) is 46.5 Å². The number of aryl methyl sites for hydroxylation is 1. The summed E-state index contributed by atoms with van der Waals surface area (Å²) < 4.78 is 5.40. The minimum absolute atomic E-state index is 0.374. The van der Waals surface area contributed by atoms with Crippen molar-refractivity contribution in [2.75, 3.05) is 36.0 Å². The third-order valence-electron chi connectivity index (χ3n) is 5.33. The van der Waals surface area contributed by atoms with Crippen molar-refractivity contribution in [3.05, 3.63) is 72.3 Å². The van der Waals surface area contributed by atoms with Gasteiger partial charge < -0.3 is 14.3 Å². The van der Waals surface area contributed by atoms with Crippen molar-refractivity contribution in [1.29, 1.82) is 0 Å². The number of aromatic nitrogens is 4. The van der Waals surface area contributed by atoms with Gasteiger partial charge in [-0.05, 0) is 31.2 Å². The molecule has 0 aliphatic carbocycles. The van der Waals surface area contributed by atoms with Gasteiger partial charge in [0.15, 0.2) is 11.5 Å². The summed E-state index contributed by atoms with van der Waals surface area (Å²) >= 11 is 0. The molecule has 1 aliphatic heterocycles. The van der Waals surface area contributed by atoms with Gasteiger partial charge in [-0.15, -0.1) is 10.2 Å². The summed E-state index contributed by atoms with van der Waals surface area (Å²) in [6.07, 6.45) is 0. The number of piperazine rings is 1. The van der Waals surface area contributed by atoms with Crippen LogP contribution in [0.25, 0.3) is 23.0 Å². The molecule has 30 heavy (non-hydrogen) atoms. The fourth-order valence-corrected chi connectivity index (χ4v) is 3.59. The maximum absolute atomic E-state index is 5.40. The number of anilines is 2. The van der Waals surface area contributed by atoms with Gasteiger partial charge in [-0.3, -0.25) is 0 Å². The summed E-state index contributed by atoms with van der Waals surface area (Å²) in [4.78, 5) is 9.11. The first kappa shape index (κ1) is 18.3. The van der Waals surface area contributed by atoms with E-state index in [1.54, 1.807) is 0 Å². The highest BCUT2D eigenvalue weighted by Crippen LogP contribution is 2.23. The largest absolute Gasteiger partial charge is 0.368 e. The SMILES string of the molecule is Cc1ccc(-c2noc(-c3ccc(N4CCN(c5ccccc5)CC4)nn3)n2)cc1. The lowest BCUT2D eigenvalue weighted by molar-refractivity contribution is 0.430. The predicted octanol–water partition coefficient (Wildman–Crippen LogP) is 3.83. The van der Waals surface area contributed by atoms with E-state index in [9.17, 15) is 0 Å². The summed E-state index contributed by atoms with van der Waals surface area (Å²) in [5, 5.41) is 12.8. The van der Waals surface area contributed by atoms with Crippen LogP contribution >= 0.6 is 0 Å². The summed E-state index contributed by atoms with van der Waals surface area (Å²) in [5.41, 5.74) is 3.94. The van der Waals surface area contributed by atoms with Crippen LogP contribution in [0.15, 0.2) is 71.3 Å². The highest BCUT2D eigenvalue weighted by Gasteiger charge is 2.19. The molecule has 4 aromatic rings. The van der Waals surface area contributed by atoms with E-state index in [4.69, 9.17) is 4.52 Å². The quantitative estimate of drug-likeness (QED) is 0.517. The van der Waals surface area contributed by atoms with Crippen LogP contribution in [0.4, 0.5) is 11.5 Å². The van der Waals surface area contributed by atoms with E-state index >= 15 is 0 Å². The molecule has 0 saturated carbocycles. The molecule has 150 valence electrons. The van der Waals surface area contributed by atoms with E-state index in [2.05, 4.69) is 54.4 Å². The van der Waals surface area contributed by atoms with Gasteiger partial charge in [0.25, 0.3) is 5.89 Å². The van der Waals surface area contributed by atoms with Gasteiger partial charge in [0.1, 0.15) is 0 Å². The molecule has 0 unspecified atom stereocenters. The van der Waals surface area contributed by atoms with Crippen LogP contribution in [0.3, 0.4) is 0 Å². The second-order valence-electron chi connectivity index (χ2n) is 7.38. The summed E-state index contributed by atoms with van der Waals surface area (Å²) in [6, 6.07) is 22.4. The standard InChI is InChI=1S/C23H22N6O/c1-17-7-9-18(10-8-17)22-24-23(30-27-22)20-11-12-21(26-25-20)29-15-13-28(14-16-29)19-5-3-2-4-6-19/h2-12H,13-16H2,1H3. The Balaban J connectivity index is 1.26. The predicted molar refractivity (Wildman–Crippen MR) is 116 cm³/mol. The lowest BCUT2D eigenvalue weighted by atomic mass is 10.1. The molecule has 5 rings (SSSR count). The zero-order valence-corrected chi connectivity index (χ0v) is 16.8. The second kappa shape index (κ2) is 7.94. The smallest absolute Gasteiger partial charge is 0.278 e. The fraction of sp³-hybridized carbons (Fsp3) is 0.217. The summed E-state index contributed by atoms with van der Waals surface area (Å²) in [5.74, 6) is 1.79. The van der Waals surface area contributed by atoms with Crippen molar-refractivity contribution < 1.29 is 4.52 Å². The molecule has 1 fully saturated rings. The number of nitrogens with zero attached hydrogens (tertiary/aromatic N) is 6. The van der Waals surface area contributed by atoms with Crippen LogP contribution in [0.1, 0.15) is 5.56 Å². The number of rotatable bonds is 4. The minimum Gasteiger partial charge on any atom is -0.368 e. The van der Waals surface area contributed by atoms with E-state index in [0.717, 1.165) is 37.6 Å². The van der Waals surface area contributed by atoms with Crippen LogP contribution < -0.4 is 9.80 Å². The second-order valence-corrected chi connectivity index (χ2v) is 7.38. The normalized spacial score (nSPS) is 14.2. The van der Waals surface area contributed by atoms with Crippen molar-refractivity contribution in [3.63, 3.8) is 0 Å². The molecule has 3 heterocycles. The number of hydrogen-bond acceptors (Lipinski definition) is 7. The zero-order valence-electron chi connectivity index (χ0n) is 16.8. The Morgan fingerprint density at radius 2 is 1.50 bits per heavy atom. The maximum atomic E-state index is 5.40. The Morgan fingerprint density at radius 3 is 2.20 bits per heavy atom. The first-order chi connectivity index (χ1) is 14.8. The van der Waals surface area contributed by atoms with Gasteiger partial charge in [0, 0.05) is 37.4 Å². The van der Waals surface area contributed by atoms with Crippen molar-refractivity contribution >= 4 is 11.5 Å². The first-order valence-corrected chi connectivity index (χ1v) is 10.1. The lowest BCUT2D eigenvalue weighted by Crippen LogP contribution is -2.46. The van der Waals surface area contributed by atoms with Crippen molar-refractivity contribution in [1.82, 2.24) is 20.3 Å². The monoisotopic (exact) mass is 398 g/mol. The van der Waals surface area contributed by atoms with Crippen LogP contribution in [0, 0.1) is 6.92 Å². The fourth-order valence-electron chi connectivity index (χ4n) is 3.59.